The Balaban J connectivity index is 1.46. The first-order valence-electron chi connectivity index (χ1n) is 10.6. The Morgan fingerprint density at radius 1 is 0.906 bits per heavy atom. The lowest BCUT2D eigenvalue weighted by atomic mass is 9.99. The predicted octanol–water partition coefficient (Wildman–Crippen LogP) is 3.39. The average Bonchev–Trinajstić information content (AvgIpc) is 3.42. The monoisotopic (exact) mass is 426 g/mol. The molecule has 1 aliphatic heterocycles. The van der Waals surface area contributed by atoms with Crippen LogP contribution in [-0.2, 0) is 0 Å². The van der Waals surface area contributed by atoms with Gasteiger partial charge in [-0.2, -0.15) is 5.10 Å². The molecule has 3 aromatic heterocycles. The summed E-state index contributed by atoms with van der Waals surface area (Å²) in [5.41, 5.74) is 17.5. The maximum atomic E-state index is 6.28. The molecule has 9 nitrogen and oxygen atoms in total. The van der Waals surface area contributed by atoms with Gasteiger partial charge in [-0.25, -0.2) is 14.6 Å². The van der Waals surface area contributed by atoms with Gasteiger partial charge in [0.15, 0.2) is 17.0 Å². The fraction of sp³-hybridized carbons (Fsp3) is 0.217. The number of nitrogens with one attached hydrogen (secondary N) is 1. The number of rotatable bonds is 3. The zero-order chi connectivity index (χ0) is 21.7. The summed E-state index contributed by atoms with van der Waals surface area (Å²) in [6, 6.07) is 14.3. The van der Waals surface area contributed by atoms with Crippen LogP contribution in [0.3, 0.4) is 0 Å². The lowest BCUT2D eigenvalue weighted by Gasteiger charge is -2.23. The molecular weight excluding hydrogens is 404 g/mol. The molecule has 1 aliphatic rings. The smallest absolute Gasteiger partial charge is 0.175 e. The van der Waals surface area contributed by atoms with Gasteiger partial charge in [0, 0.05) is 5.56 Å². The van der Waals surface area contributed by atoms with Crippen LogP contribution in [0, 0.1) is 0 Å². The third-order valence-electron chi connectivity index (χ3n) is 6.17. The minimum absolute atomic E-state index is 0.287. The Morgan fingerprint density at radius 2 is 1.69 bits per heavy atom. The van der Waals surface area contributed by atoms with Gasteiger partial charge in [0.05, 0.1) is 16.8 Å². The van der Waals surface area contributed by atoms with Crippen molar-refractivity contribution in [3.8, 4) is 22.4 Å². The molecule has 5 N–H and O–H groups in total. The third kappa shape index (κ3) is 2.89. The largest absolute Gasteiger partial charge is 0.383 e. The van der Waals surface area contributed by atoms with Crippen molar-refractivity contribution in [2.45, 2.75) is 18.9 Å². The highest BCUT2D eigenvalue weighted by molar-refractivity contribution is 6.01. The molecule has 6 rings (SSSR count). The lowest BCUT2D eigenvalue weighted by molar-refractivity contribution is 0.350. The van der Waals surface area contributed by atoms with E-state index in [1.807, 2.05) is 47.1 Å². The second-order valence-corrected chi connectivity index (χ2v) is 8.06. The number of piperidine rings is 1. The quantitative estimate of drug-likeness (QED) is 0.400. The van der Waals surface area contributed by atoms with Crippen molar-refractivity contribution in [3.05, 3.63) is 48.8 Å². The van der Waals surface area contributed by atoms with Gasteiger partial charge in [-0.3, -0.25) is 0 Å². The maximum Gasteiger partial charge on any atom is 0.175 e. The van der Waals surface area contributed by atoms with E-state index in [9.17, 15) is 0 Å². The van der Waals surface area contributed by atoms with Crippen molar-refractivity contribution >= 4 is 33.6 Å². The van der Waals surface area contributed by atoms with Crippen molar-refractivity contribution in [2.75, 3.05) is 24.6 Å². The average molecular weight is 426 g/mol. The van der Waals surface area contributed by atoms with Gasteiger partial charge in [0.25, 0.3) is 0 Å². The number of nitrogens with zero attached hydrogens (tertiary/aromatic N) is 5. The van der Waals surface area contributed by atoms with E-state index in [1.165, 1.54) is 6.33 Å². The Labute approximate surface area is 183 Å². The first kappa shape index (κ1) is 18.8. The number of hydrogen-bond acceptors (Lipinski definition) is 8. The molecule has 32 heavy (non-hydrogen) atoms. The number of hydrogen-bond donors (Lipinski definition) is 3. The van der Waals surface area contributed by atoms with E-state index in [0.717, 1.165) is 64.7 Å². The minimum Gasteiger partial charge on any atom is -0.383 e. The second kappa shape index (κ2) is 7.31. The molecule has 1 saturated heterocycles. The van der Waals surface area contributed by atoms with Crippen LogP contribution in [0.5, 0.6) is 0 Å². The molecule has 0 atom stereocenters. The molecule has 9 heteroatoms. The van der Waals surface area contributed by atoms with Crippen LogP contribution < -0.4 is 16.8 Å². The molecule has 1 fully saturated rings. The molecule has 0 radical (unpaired) electrons. The van der Waals surface area contributed by atoms with E-state index in [1.54, 1.807) is 0 Å². The number of fused-ring (bicyclic) bond motifs is 2. The second-order valence-electron chi connectivity index (χ2n) is 8.06. The number of nitrogen functional groups attached to an aromatic ring is 2. The summed E-state index contributed by atoms with van der Waals surface area (Å²) in [6.45, 7) is 1.93. The summed E-state index contributed by atoms with van der Waals surface area (Å²) in [7, 11) is 0. The van der Waals surface area contributed by atoms with Crippen molar-refractivity contribution in [2.24, 2.45) is 0 Å². The SMILES string of the molecule is Nc1noc2cccc(-c3ccc(-c4nn(C5CCNCC5)c5ncnc(N)c45)cc3)c12. The van der Waals surface area contributed by atoms with Crippen LogP contribution >= 0.6 is 0 Å². The zero-order valence-corrected chi connectivity index (χ0v) is 17.3. The number of benzene rings is 2. The Bertz CT molecular complexity index is 1430. The molecule has 160 valence electrons. The minimum atomic E-state index is 0.287. The molecule has 5 aromatic rings. The Kier molecular flexibility index (Phi) is 4.29. The normalized spacial score (nSPS) is 15.0. The molecule has 0 unspecified atom stereocenters. The van der Waals surface area contributed by atoms with Gasteiger partial charge in [0.1, 0.15) is 17.8 Å². The summed E-state index contributed by atoms with van der Waals surface area (Å²) in [5.74, 6) is 0.826. The summed E-state index contributed by atoms with van der Waals surface area (Å²) in [6.07, 6.45) is 3.51. The summed E-state index contributed by atoms with van der Waals surface area (Å²) in [5, 5.41) is 13.9. The third-order valence-corrected chi connectivity index (χ3v) is 6.17. The van der Waals surface area contributed by atoms with Gasteiger partial charge in [0.2, 0.25) is 0 Å². The van der Waals surface area contributed by atoms with Gasteiger partial charge in [-0.05, 0) is 43.1 Å². The summed E-state index contributed by atoms with van der Waals surface area (Å²) < 4.78 is 7.33. The maximum absolute atomic E-state index is 6.28. The first-order valence-corrected chi connectivity index (χ1v) is 10.6. The molecular formula is C23H22N8O. The van der Waals surface area contributed by atoms with Crippen LogP contribution in [-0.4, -0.2) is 38.0 Å². The van der Waals surface area contributed by atoms with E-state index in [2.05, 4.69) is 20.4 Å². The number of aromatic nitrogens is 5. The highest BCUT2D eigenvalue weighted by Crippen LogP contribution is 2.36. The number of nitrogens with two attached hydrogens (primary N) is 2. The van der Waals surface area contributed by atoms with Gasteiger partial charge in [-0.15, -0.1) is 0 Å². The Morgan fingerprint density at radius 3 is 2.50 bits per heavy atom. The van der Waals surface area contributed by atoms with Crippen molar-refractivity contribution in [1.82, 2.24) is 30.2 Å². The molecule has 0 aliphatic carbocycles. The van der Waals surface area contributed by atoms with Crippen molar-refractivity contribution in [3.63, 3.8) is 0 Å². The van der Waals surface area contributed by atoms with E-state index < -0.39 is 0 Å². The van der Waals surface area contributed by atoms with Crippen molar-refractivity contribution in [1.29, 1.82) is 0 Å². The van der Waals surface area contributed by atoms with Gasteiger partial charge >= 0.3 is 0 Å². The van der Waals surface area contributed by atoms with Crippen LogP contribution in [0.2, 0.25) is 0 Å². The number of anilines is 2. The predicted molar refractivity (Wildman–Crippen MR) is 124 cm³/mol. The molecule has 0 spiro atoms. The van der Waals surface area contributed by atoms with Crippen LogP contribution in [0.25, 0.3) is 44.4 Å². The standard InChI is InChI=1S/C23H22N8O/c24-21-19-20(29-31(23(19)28-12-27-21)15-8-10-26-11-9-15)14-6-4-13(5-7-14)16-2-1-3-17-18(16)22(25)30-32-17/h1-7,12,15,26H,8-11H2,(H2,25,30)(H2,24,27,28). The lowest BCUT2D eigenvalue weighted by Crippen LogP contribution is -2.30. The first-order chi connectivity index (χ1) is 15.7. The fourth-order valence-corrected chi connectivity index (χ4v) is 4.57. The molecule has 4 heterocycles. The van der Waals surface area contributed by atoms with Gasteiger partial charge in [-0.1, -0.05) is 41.6 Å². The fourth-order valence-electron chi connectivity index (χ4n) is 4.57. The van der Waals surface area contributed by atoms with Crippen LogP contribution in [0.15, 0.2) is 53.3 Å². The molecule has 0 amide bonds. The van der Waals surface area contributed by atoms with Crippen molar-refractivity contribution < 1.29 is 4.52 Å². The van der Waals surface area contributed by atoms with E-state index in [-0.39, 0.29) is 6.04 Å². The highest BCUT2D eigenvalue weighted by atomic mass is 16.5. The summed E-state index contributed by atoms with van der Waals surface area (Å²) in [4.78, 5) is 8.75. The zero-order valence-electron chi connectivity index (χ0n) is 17.3. The Hall–Kier alpha value is -3.98. The van der Waals surface area contributed by atoms with E-state index >= 15 is 0 Å². The van der Waals surface area contributed by atoms with Crippen LogP contribution in [0.1, 0.15) is 18.9 Å². The van der Waals surface area contributed by atoms with Gasteiger partial charge < -0.3 is 21.3 Å². The highest BCUT2D eigenvalue weighted by Gasteiger charge is 2.23. The van der Waals surface area contributed by atoms with E-state index in [4.69, 9.17) is 21.1 Å². The molecule has 2 aromatic carbocycles. The summed E-state index contributed by atoms with van der Waals surface area (Å²) >= 11 is 0. The molecule has 0 bridgehead atoms. The topological polar surface area (TPSA) is 134 Å². The van der Waals surface area contributed by atoms with E-state index in [0.29, 0.717) is 17.2 Å². The molecule has 0 saturated carbocycles. The van der Waals surface area contributed by atoms with Crippen LogP contribution in [0.4, 0.5) is 11.6 Å².